The summed E-state index contributed by atoms with van der Waals surface area (Å²) in [6, 6.07) is 9.82. The first kappa shape index (κ1) is 19.9. The van der Waals surface area contributed by atoms with Gasteiger partial charge in [-0.05, 0) is 18.9 Å². The van der Waals surface area contributed by atoms with Gasteiger partial charge in [0, 0.05) is 44.4 Å². The number of amides is 1. The third-order valence-corrected chi connectivity index (χ3v) is 7.49. The molecule has 1 amide bonds. The summed E-state index contributed by atoms with van der Waals surface area (Å²) in [4.78, 5) is 23.7. The Morgan fingerprint density at radius 3 is 2.59 bits per heavy atom. The predicted octanol–water partition coefficient (Wildman–Crippen LogP) is 1.47. The highest BCUT2D eigenvalue weighted by Gasteiger charge is 2.37. The first-order valence-corrected chi connectivity index (χ1v) is 11.1. The summed E-state index contributed by atoms with van der Waals surface area (Å²) in [5, 5.41) is 0. The zero-order valence-electron chi connectivity index (χ0n) is 16.9. The van der Waals surface area contributed by atoms with Gasteiger partial charge in [0.25, 0.3) is 10.2 Å². The van der Waals surface area contributed by atoms with Gasteiger partial charge in [0.1, 0.15) is 11.6 Å². The minimum Gasteiger partial charge on any atom is -0.292 e. The van der Waals surface area contributed by atoms with Crippen LogP contribution in [0.2, 0.25) is 0 Å². The van der Waals surface area contributed by atoms with E-state index in [9.17, 15) is 13.2 Å². The molecule has 0 saturated carbocycles. The van der Waals surface area contributed by atoms with Gasteiger partial charge in [-0.1, -0.05) is 30.3 Å². The Balaban J connectivity index is 1.62. The van der Waals surface area contributed by atoms with Crippen LogP contribution in [0.3, 0.4) is 0 Å². The molecule has 4 rings (SSSR count). The minimum atomic E-state index is -3.45. The molecule has 2 aliphatic heterocycles. The van der Waals surface area contributed by atoms with Crippen LogP contribution in [0.25, 0.3) is 0 Å². The Morgan fingerprint density at radius 2 is 1.90 bits per heavy atom. The molecule has 29 heavy (non-hydrogen) atoms. The number of carbonyl (C=O) groups is 1. The highest BCUT2D eigenvalue weighted by molar-refractivity contribution is 7.86. The second kappa shape index (κ2) is 7.47. The zero-order chi connectivity index (χ0) is 20.8. The SMILES string of the molecule is Cc1nc(C2CCN(S(=O)(=O)N(C)C)C2)nc2c1CC(=O)N2Cc1ccccc1. The van der Waals surface area contributed by atoms with Gasteiger partial charge in [0.2, 0.25) is 5.91 Å². The molecule has 1 fully saturated rings. The standard InChI is InChI=1S/C20H25N5O3S/c1-14-17-11-18(26)25(12-15-7-5-4-6-8-15)20(17)22-19(21-14)16-9-10-24(13-16)29(27,28)23(2)3/h4-8,16H,9-13H2,1-3H3. The molecule has 2 aliphatic rings. The highest BCUT2D eigenvalue weighted by atomic mass is 32.2. The van der Waals surface area contributed by atoms with E-state index < -0.39 is 10.2 Å². The van der Waals surface area contributed by atoms with Crippen LogP contribution in [0.15, 0.2) is 30.3 Å². The van der Waals surface area contributed by atoms with Gasteiger partial charge in [0.05, 0.1) is 13.0 Å². The van der Waals surface area contributed by atoms with Crippen molar-refractivity contribution in [2.45, 2.75) is 32.2 Å². The Hall–Kier alpha value is -2.36. The second-order valence-electron chi connectivity index (χ2n) is 7.75. The van der Waals surface area contributed by atoms with Crippen molar-refractivity contribution >= 4 is 21.9 Å². The molecule has 1 atom stereocenters. The smallest absolute Gasteiger partial charge is 0.281 e. The molecule has 9 heteroatoms. The average Bonchev–Trinajstić information content (AvgIpc) is 3.29. The molecule has 0 N–H and O–H groups in total. The van der Waals surface area contributed by atoms with Crippen LogP contribution in [0, 0.1) is 6.92 Å². The van der Waals surface area contributed by atoms with Crippen LogP contribution < -0.4 is 4.90 Å². The average molecular weight is 416 g/mol. The molecule has 0 bridgehead atoms. The molecule has 2 aromatic rings. The van der Waals surface area contributed by atoms with Crippen LogP contribution in [-0.2, 0) is 28.0 Å². The quantitative estimate of drug-likeness (QED) is 0.738. The van der Waals surface area contributed by atoms with Gasteiger partial charge < -0.3 is 0 Å². The number of aromatic nitrogens is 2. The summed E-state index contributed by atoms with van der Waals surface area (Å²) in [6.45, 7) is 3.16. The van der Waals surface area contributed by atoms with Gasteiger partial charge in [0.15, 0.2) is 0 Å². The fraction of sp³-hybridized carbons (Fsp3) is 0.450. The van der Waals surface area contributed by atoms with Crippen molar-refractivity contribution in [1.82, 2.24) is 18.6 Å². The lowest BCUT2D eigenvalue weighted by Gasteiger charge is -2.21. The van der Waals surface area contributed by atoms with E-state index in [1.165, 1.54) is 22.7 Å². The number of fused-ring (bicyclic) bond motifs is 1. The van der Waals surface area contributed by atoms with Crippen LogP contribution in [0.5, 0.6) is 0 Å². The van der Waals surface area contributed by atoms with Crippen molar-refractivity contribution in [3.8, 4) is 0 Å². The lowest BCUT2D eigenvalue weighted by Crippen LogP contribution is -2.38. The first-order valence-electron chi connectivity index (χ1n) is 9.66. The van der Waals surface area contributed by atoms with Crippen molar-refractivity contribution in [2.24, 2.45) is 0 Å². The molecule has 1 unspecified atom stereocenters. The number of carbonyl (C=O) groups excluding carboxylic acids is 1. The van der Waals surface area contributed by atoms with E-state index in [1.54, 1.807) is 4.90 Å². The van der Waals surface area contributed by atoms with E-state index in [0.717, 1.165) is 16.8 Å². The second-order valence-corrected chi connectivity index (χ2v) is 9.89. The van der Waals surface area contributed by atoms with E-state index in [-0.39, 0.29) is 11.8 Å². The summed E-state index contributed by atoms with van der Waals surface area (Å²) < 4.78 is 27.5. The van der Waals surface area contributed by atoms with E-state index in [2.05, 4.69) is 4.98 Å². The van der Waals surface area contributed by atoms with E-state index in [0.29, 0.717) is 44.1 Å². The molecular weight excluding hydrogens is 390 g/mol. The van der Waals surface area contributed by atoms with Crippen molar-refractivity contribution in [3.05, 3.63) is 53.0 Å². The number of hydrogen-bond donors (Lipinski definition) is 0. The van der Waals surface area contributed by atoms with Crippen molar-refractivity contribution < 1.29 is 13.2 Å². The maximum Gasteiger partial charge on any atom is 0.281 e. The topological polar surface area (TPSA) is 86.7 Å². The molecule has 3 heterocycles. The van der Waals surface area contributed by atoms with Crippen LogP contribution in [-0.4, -0.2) is 60.1 Å². The number of nitrogens with zero attached hydrogens (tertiary/aromatic N) is 5. The van der Waals surface area contributed by atoms with Gasteiger partial charge in [-0.15, -0.1) is 0 Å². The Morgan fingerprint density at radius 1 is 1.17 bits per heavy atom. The fourth-order valence-electron chi connectivity index (χ4n) is 3.89. The molecule has 1 saturated heterocycles. The molecular formula is C20H25N5O3S. The van der Waals surface area contributed by atoms with Gasteiger partial charge >= 0.3 is 0 Å². The zero-order valence-corrected chi connectivity index (χ0v) is 17.7. The van der Waals surface area contributed by atoms with Crippen molar-refractivity contribution in [2.75, 3.05) is 32.1 Å². The van der Waals surface area contributed by atoms with Crippen LogP contribution >= 0.6 is 0 Å². The Kier molecular flexibility index (Phi) is 5.14. The third-order valence-electron chi connectivity index (χ3n) is 5.58. The molecule has 154 valence electrons. The Bertz CT molecular complexity index is 1040. The predicted molar refractivity (Wildman–Crippen MR) is 110 cm³/mol. The minimum absolute atomic E-state index is 0.0154. The van der Waals surface area contributed by atoms with Crippen LogP contribution in [0.1, 0.15) is 35.0 Å². The van der Waals surface area contributed by atoms with Crippen molar-refractivity contribution in [3.63, 3.8) is 0 Å². The number of anilines is 1. The summed E-state index contributed by atoms with van der Waals surface area (Å²) in [5.41, 5.74) is 2.70. The van der Waals surface area contributed by atoms with E-state index in [4.69, 9.17) is 4.98 Å². The van der Waals surface area contributed by atoms with Gasteiger partial charge in [-0.3, -0.25) is 9.69 Å². The summed E-state index contributed by atoms with van der Waals surface area (Å²) in [5.74, 6) is 1.21. The van der Waals surface area contributed by atoms with E-state index in [1.807, 2.05) is 37.3 Å². The maximum atomic E-state index is 12.6. The summed E-state index contributed by atoms with van der Waals surface area (Å²) in [7, 11) is -0.386. The third kappa shape index (κ3) is 3.65. The first-order chi connectivity index (χ1) is 13.8. The maximum absolute atomic E-state index is 12.6. The van der Waals surface area contributed by atoms with Gasteiger partial charge in [-0.25, -0.2) is 9.97 Å². The molecule has 0 aliphatic carbocycles. The van der Waals surface area contributed by atoms with Crippen molar-refractivity contribution in [1.29, 1.82) is 0 Å². The van der Waals surface area contributed by atoms with Crippen LogP contribution in [0.4, 0.5) is 5.82 Å². The van der Waals surface area contributed by atoms with E-state index >= 15 is 0 Å². The summed E-state index contributed by atoms with van der Waals surface area (Å²) >= 11 is 0. The molecule has 0 spiro atoms. The highest BCUT2D eigenvalue weighted by Crippen LogP contribution is 2.34. The Labute approximate surface area is 171 Å². The number of benzene rings is 1. The fourth-order valence-corrected chi connectivity index (χ4v) is 5.05. The summed E-state index contributed by atoms with van der Waals surface area (Å²) in [6.07, 6.45) is 0.970. The molecule has 0 radical (unpaired) electrons. The number of hydrogen-bond acceptors (Lipinski definition) is 5. The molecule has 1 aromatic heterocycles. The molecule has 1 aromatic carbocycles. The largest absolute Gasteiger partial charge is 0.292 e. The van der Waals surface area contributed by atoms with Gasteiger partial charge in [-0.2, -0.15) is 17.0 Å². The number of aryl methyl sites for hydroxylation is 1. The monoisotopic (exact) mass is 415 g/mol. The number of rotatable bonds is 5. The normalized spacial score (nSPS) is 19.9. The molecule has 8 nitrogen and oxygen atoms in total. The lowest BCUT2D eigenvalue weighted by molar-refractivity contribution is -0.117. The lowest BCUT2D eigenvalue weighted by atomic mass is 10.1.